The molecular formula is CHNaO2. The average Bonchev–Trinajstić information content (AvgIpc) is 0.918. The molecule has 0 aliphatic rings. The van der Waals surface area contributed by atoms with Gasteiger partial charge in [-0.1, -0.05) is 0 Å². The molecule has 0 aliphatic heterocycles. The minimum absolute atomic E-state index is 0. The summed E-state index contributed by atoms with van der Waals surface area (Å²) in [4.78, 5) is 8.25. The molecule has 4 heavy (non-hydrogen) atoms. The Morgan fingerprint density at radius 3 is 1.75 bits per heavy atom. The number of rotatable bonds is 0. The molecule has 0 amide bonds. The van der Waals surface area contributed by atoms with Crippen molar-refractivity contribution in [2.75, 3.05) is 0 Å². The molecule has 0 rings (SSSR count). The van der Waals surface area contributed by atoms with E-state index in [2.05, 4.69) is 0 Å². The van der Waals surface area contributed by atoms with Crippen molar-refractivity contribution in [3.8, 4) is 0 Å². The number of hydrogen-bond donors (Lipinski definition) is 0. The summed E-state index contributed by atoms with van der Waals surface area (Å²) in [5.41, 5.74) is 0. The van der Waals surface area contributed by atoms with Crippen LogP contribution in [0.5, 0.6) is 0 Å². The van der Waals surface area contributed by atoms with Gasteiger partial charge in [0.2, 0.25) is 0 Å². The van der Waals surface area contributed by atoms with E-state index in [9.17, 15) is 0 Å². The normalized spacial score (nSPS) is 3.00. The van der Waals surface area contributed by atoms with E-state index < -0.39 is 6.47 Å². The first kappa shape index (κ1) is 8.82. The molecule has 18 valence electrons. The molecule has 2 nitrogen and oxygen atoms in total. The third kappa shape index (κ3) is 24.2. The fraction of sp³-hybridized carbons (Fsp3) is 0. The first-order valence-corrected chi connectivity index (χ1v) is 0.471. The molecule has 0 saturated heterocycles. The summed E-state index contributed by atoms with van der Waals surface area (Å²) >= 11 is 0. The predicted octanol–water partition coefficient (Wildman–Crippen LogP) is -4.63. The summed E-state index contributed by atoms with van der Waals surface area (Å²) in [5.74, 6) is 0. The van der Waals surface area contributed by atoms with Gasteiger partial charge >= 0.3 is 29.6 Å². The van der Waals surface area contributed by atoms with Crippen LogP contribution in [0.1, 0.15) is 0 Å². The van der Waals surface area contributed by atoms with E-state index in [1.807, 2.05) is 0 Å². The Bertz CT molecular complexity index is 13.5. The van der Waals surface area contributed by atoms with Crippen LogP contribution in [0.4, 0.5) is 0 Å². The van der Waals surface area contributed by atoms with Gasteiger partial charge in [-0.3, -0.25) is 0 Å². The molecule has 0 aliphatic carbocycles. The van der Waals surface area contributed by atoms with Gasteiger partial charge in [0.05, 0.1) is 0 Å². The van der Waals surface area contributed by atoms with Crippen LogP contribution < -0.4 is 34.7 Å². The van der Waals surface area contributed by atoms with E-state index in [0.29, 0.717) is 0 Å². The van der Waals surface area contributed by atoms with Crippen LogP contribution in [0.2, 0.25) is 0 Å². The van der Waals surface area contributed by atoms with Crippen molar-refractivity contribution in [2.45, 2.75) is 0 Å². The number of hydrogen-bond acceptors (Lipinski definition) is 2. The van der Waals surface area contributed by atoms with Gasteiger partial charge in [-0.25, -0.2) is 0 Å². The molecule has 0 radical (unpaired) electrons. The fourth-order valence-corrected chi connectivity index (χ4v) is 0. The third-order valence-electron chi connectivity index (χ3n) is 0. The van der Waals surface area contributed by atoms with Crippen molar-refractivity contribution in [1.82, 2.24) is 0 Å². The second-order valence-corrected chi connectivity index (χ2v) is 0.0962. The summed E-state index contributed by atoms with van der Waals surface area (Å²) in [5, 5.41) is 8.25. The Labute approximate surface area is 46.1 Å². The Kier molecular flexibility index (Phi) is 21.6. The van der Waals surface area contributed by atoms with Crippen LogP contribution in [0.15, 0.2) is 0 Å². The summed E-state index contributed by atoms with van der Waals surface area (Å²) in [6.07, 6.45) is 0. The maximum Gasteiger partial charge on any atom is 1.00 e. The molecule has 3 heteroatoms. The van der Waals surface area contributed by atoms with Crippen LogP contribution in [-0.2, 0) is 4.79 Å². The topological polar surface area (TPSA) is 40.1 Å². The molecule has 0 fully saturated rings. The maximum atomic E-state index is 8.25. The van der Waals surface area contributed by atoms with Gasteiger partial charge < -0.3 is 9.90 Å². The smallest absolute Gasteiger partial charge is 0.554 e. The van der Waals surface area contributed by atoms with E-state index in [1.165, 1.54) is 0 Å². The zero-order valence-electron chi connectivity index (χ0n) is 2.39. The van der Waals surface area contributed by atoms with Gasteiger partial charge in [0.1, 0.15) is 0 Å². The quantitative estimate of drug-likeness (QED) is 0.125. The zero-order chi connectivity index (χ0) is 2.71. The van der Waals surface area contributed by atoms with Crippen molar-refractivity contribution >= 4 is 6.47 Å². The average molecular weight is 73.0 g/mol. The first-order chi connectivity index (χ1) is 1.41. The van der Waals surface area contributed by atoms with Crippen LogP contribution in [0.25, 0.3) is 0 Å². The second-order valence-electron chi connectivity index (χ2n) is 0.0962. The van der Waals surface area contributed by atoms with Crippen LogP contribution in [0.3, 0.4) is 0 Å². The monoisotopic (exact) mass is 73.0 g/mol. The third-order valence-corrected chi connectivity index (χ3v) is 0. The molecule has 0 N–H and O–H groups in total. The molecule has 0 spiro atoms. The summed E-state index contributed by atoms with van der Waals surface area (Å²) in [6, 6.07) is 0. The van der Waals surface area contributed by atoms with Gasteiger partial charge in [-0.2, -0.15) is 0 Å². The van der Waals surface area contributed by atoms with Crippen LogP contribution >= 0.6 is 0 Å². The first-order valence-electron chi connectivity index (χ1n) is 0.471. The van der Waals surface area contributed by atoms with Crippen molar-refractivity contribution in [3.63, 3.8) is 0 Å². The van der Waals surface area contributed by atoms with Gasteiger partial charge in [0, 0.05) is 6.47 Å². The molecule has 0 saturated carbocycles. The molecule has 0 unspecified atom stereocenters. The molecule has 0 aromatic rings. The van der Waals surface area contributed by atoms with E-state index in [4.69, 9.17) is 9.90 Å². The van der Waals surface area contributed by atoms with Crippen molar-refractivity contribution < 1.29 is 39.5 Å². The van der Waals surface area contributed by atoms with Crippen molar-refractivity contribution in [1.29, 1.82) is 0 Å². The second kappa shape index (κ2) is 9.80. The minimum atomic E-state index is -0.500. The van der Waals surface area contributed by atoms with Crippen molar-refractivity contribution in [3.05, 3.63) is 0 Å². The molecule has 0 aromatic carbocycles. The van der Waals surface area contributed by atoms with E-state index in [0.717, 1.165) is 0 Å². The van der Waals surface area contributed by atoms with Gasteiger partial charge in [-0.15, -0.1) is 0 Å². The largest absolute Gasteiger partial charge is 1.00 e. The number of carbonyl (C=O) groups is 1. The fourth-order valence-electron chi connectivity index (χ4n) is 0. The van der Waals surface area contributed by atoms with Gasteiger partial charge in [-0.05, 0) is 0 Å². The molecule has 0 atom stereocenters. The maximum absolute atomic E-state index is 8.25. The summed E-state index contributed by atoms with van der Waals surface area (Å²) in [7, 11) is 0. The molecular weight excluding hydrogens is 72.0 g/mol. The molecule has 0 aromatic heterocycles. The van der Waals surface area contributed by atoms with Gasteiger partial charge in [0.25, 0.3) is 0 Å². The molecule has 0 bridgehead atoms. The van der Waals surface area contributed by atoms with Gasteiger partial charge in [0.15, 0.2) is 0 Å². The standard InChI is InChI=1S/CH2O2.Na/c2-1-3;/h1H,(H,2,3);/q;+1/p-1/i1+1,2+2,3+2;. The number of carboxylic acid groups (broad SMARTS) is 1. The summed E-state index contributed by atoms with van der Waals surface area (Å²) < 4.78 is 0. The predicted molar refractivity (Wildman–Crippen MR) is 6.06 cm³/mol. The SMILES string of the molecule is [18O]=[13CH][18O-].[Na+]. The summed E-state index contributed by atoms with van der Waals surface area (Å²) in [6.45, 7) is -0.500. The van der Waals surface area contributed by atoms with E-state index >= 15 is 0 Å². The minimum Gasteiger partial charge on any atom is -0.554 e. The Hall–Kier alpha value is 0.470. The molecule has 0 heterocycles. The number of carbonyl (C=O) groups excluding carboxylic acids is 1. The Morgan fingerprint density at radius 1 is 1.75 bits per heavy atom. The van der Waals surface area contributed by atoms with E-state index in [-0.39, 0.29) is 29.6 Å². The van der Waals surface area contributed by atoms with E-state index in [1.54, 1.807) is 0 Å². The zero-order valence-corrected chi connectivity index (χ0v) is 4.39. The Balaban J connectivity index is 0. The Morgan fingerprint density at radius 2 is 1.75 bits per heavy atom. The van der Waals surface area contributed by atoms with Crippen molar-refractivity contribution in [2.24, 2.45) is 0 Å². The van der Waals surface area contributed by atoms with Crippen LogP contribution in [-0.4, -0.2) is 6.47 Å². The van der Waals surface area contributed by atoms with Crippen LogP contribution in [0, 0.1) is 0 Å².